The summed E-state index contributed by atoms with van der Waals surface area (Å²) in [4.78, 5) is 2.21. The molecule has 1 aromatic rings. The van der Waals surface area contributed by atoms with Gasteiger partial charge >= 0.3 is 0 Å². The second-order valence-electron chi connectivity index (χ2n) is 4.64. The lowest BCUT2D eigenvalue weighted by Gasteiger charge is -2.35. The number of benzene rings is 1. The first-order chi connectivity index (χ1) is 6.86. The van der Waals surface area contributed by atoms with Gasteiger partial charge in [0.05, 0.1) is 0 Å². The summed E-state index contributed by atoms with van der Waals surface area (Å²) < 4.78 is 0. The summed E-state index contributed by atoms with van der Waals surface area (Å²) in [6, 6.07) is 5.84. The molecule has 0 bridgehead atoms. The van der Waals surface area contributed by atoms with E-state index in [1.54, 1.807) is 0 Å². The molecule has 0 aliphatic rings. The molecule has 0 aliphatic heterocycles. The summed E-state index contributed by atoms with van der Waals surface area (Å²) in [5, 5.41) is 0.733. The smallest absolute Gasteiger partial charge is 0.0495 e. The predicted octanol–water partition coefficient (Wildman–Crippen LogP) is 4.31. The van der Waals surface area contributed by atoms with Crippen molar-refractivity contribution in [3.8, 4) is 0 Å². The lowest BCUT2D eigenvalue weighted by molar-refractivity contribution is 0.537. The minimum absolute atomic E-state index is 0.0780. The lowest BCUT2D eigenvalue weighted by Crippen LogP contribution is -2.38. The molecule has 1 aromatic carbocycles. The highest BCUT2D eigenvalue weighted by Gasteiger charge is 2.19. The quantitative estimate of drug-likeness (QED) is 0.702. The minimum Gasteiger partial charge on any atom is -0.369 e. The van der Waals surface area contributed by atoms with E-state index in [4.69, 9.17) is 23.2 Å². The zero-order valence-electron chi connectivity index (χ0n) is 9.64. The molecule has 84 valence electrons. The van der Waals surface area contributed by atoms with Gasteiger partial charge in [-0.15, -0.1) is 11.6 Å². The van der Waals surface area contributed by atoms with Gasteiger partial charge in [0.15, 0.2) is 0 Å². The second-order valence-corrected chi connectivity index (χ2v) is 5.34. The van der Waals surface area contributed by atoms with Gasteiger partial charge in [-0.25, -0.2) is 0 Å². The predicted molar refractivity (Wildman–Crippen MR) is 69.2 cm³/mol. The van der Waals surface area contributed by atoms with Crippen LogP contribution in [0.15, 0.2) is 18.2 Å². The van der Waals surface area contributed by atoms with Crippen LogP contribution < -0.4 is 4.90 Å². The zero-order valence-corrected chi connectivity index (χ0v) is 11.2. The molecule has 1 nitrogen and oxygen atoms in total. The molecule has 0 N–H and O–H groups in total. The fraction of sp³-hybridized carbons (Fsp3) is 0.500. The second kappa shape index (κ2) is 4.63. The van der Waals surface area contributed by atoms with E-state index in [2.05, 4.69) is 32.7 Å². The largest absolute Gasteiger partial charge is 0.369 e. The first kappa shape index (κ1) is 12.7. The molecular weight excluding hydrogens is 229 g/mol. The summed E-state index contributed by atoms with van der Waals surface area (Å²) in [6.07, 6.45) is 0. The van der Waals surface area contributed by atoms with E-state index in [1.807, 2.05) is 18.2 Å². The van der Waals surface area contributed by atoms with E-state index in [-0.39, 0.29) is 5.54 Å². The van der Waals surface area contributed by atoms with Crippen molar-refractivity contribution >= 4 is 28.9 Å². The third-order valence-corrected chi connectivity index (χ3v) is 3.08. The Morgan fingerprint density at radius 3 is 2.33 bits per heavy atom. The van der Waals surface area contributed by atoms with Gasteiger partial charge in [-0.2, -0.15) is 0 Å². The third-order valence-electron chi connectivity index (χ3n) is 2.55. The monoisotopic (exact) mass is 245 g/mol. The minimum atomic E-state index is 0.0780. The molecule has 0 saturated carbocycles. The molecule has 0 atom stereocenters. The Bertz CT molecular complexity index is 342. The van der Waals surface area contributed by atoms with Crippen molar-refractivity contribution in [2.24, 2.45) is 0 Å². The first-order valence-electron chi connectivity index (χ1n) is 4.94. The van der Waals surface area contributed by atoms with Gasteiger partial charge in [0.25, 0.3) is 0 Å². The maximum absolute atomic E-state index is 5.94. The van der Waals surface area contributed by atoms with Crippen molar-refractivity contribution in [3.05, 3.63) is 28.8 Å². The van der Waals surface area contributed by atoms with Gasteiger partial charge in [-0.05, 0) is 44.5 Å². The lowest BCUT2D eigenvalue weighted by atomic mass is 10.0. The summed E-state index contributed by atoms with van der Waals surface area (Å²) in [6.45, 7) is 6.50. The molecule has 15 heavy (non-hydrogen) atoms. The zero-order chi connectivity index (χ0) is 11.6. The Labute approximate surface area is 102 Å². The molecule has 0 saturated heterocycles. The number of alkyl halides is 1. The van der Waals surface area contributed by atoms with Crippen LogP contribution in [0.2, 0.25) is 5.02 Å². The van der Waals surface area contributed by atoms with Crippen LogP contribution in [0.25, 0.3) is 0 Å². The van der Waals surface area contributed by atoms with Gasteiger partial charge in [-0.3, -0.25) is 0 Å². The molecule has 0 unspecified atom stereocenters. The van der Waals surface area contributed by atoms with Crippen LogP contribution in [0, 0.1) is 0 Å². The molecule has 0 radical (unpaired) electrons. The van der Waals surface area contributed by atoms with Gasteiger partial charge < -0.3 is 4.90 Å². The van der Waals surface area contributed by atoms with E-state index < -0.39 is 0 Å². The van der Waals surface area contributed by atoms with Crippen LogP contribution >= 0.6 is 23.2 Å². The normalized spacial score (nSPS) is 11.6. The molecule has 0 aromatic heterocycles. The molecule has 0 aliphatic carbocycles. The Balaban J connectivity index is 3.14. The fourth-order valence-corrected chi connectivity index (χ4v) is 1.76. The van der Waals surface area contributed by atoms with E-state index in [0.29, 0.717) is 5.88 Å². The van der Waals surface area contributed by atoms with Crippen LogP contribution in [-0.4, -0.2) is 12.6 Å². The van der Waals surface area contributed by atoms with Crippen LogP contribution in [0.4, 0.5) is 5.69 Å². The number of hydrogen-bond acceptors (Lipinski definition) is 1. The van der Waals surface area contributed by atoms with Crippen LogP contribution in [0.3, 0.4) is 0 Å². The van der Waals surface area contributed by atoms with Gasteiger partial charge in [-0.1, -0.05) is 11.6 Å². The molecule has 0 heterocycles. The van der Waals surface area contributed by atoms with Gasteiger partial charge in [0.1, 0.15) is 0 Å². The standard InChI is InChI=1S/C12H17Cl2N/c1-12(2,3)15(4)11-6-5-10(14)7-9(11)8-13/h5-7H,8H2,1-4H3. The Kier molecular flexibility index (Phi) is 3.91. The summed E-state index contributed by atoms with van der Waals surface area (Å²) in [5.74, 6) is 0.482. The number of rotatable bonds is 2. The maximum atomic E-state index is 5.94. The fourth-order valence-electron chi connectivity index (χ4n) is 1.35. The van der Waals surface area contributed by atoms with Crippen molar-refractivity contribution in [2.45, 2.75) is 32.2 Å². The average molecular weight is 246 g/mol. The van der Waals surface area contributed by atoms with E-state index in [0.717, 1.165) is 16.3 Å². The van der Waals surface area contributed by atoms with Crippen LogP contribution in [0.1, 0.15) is 26.3 Å². The molecular formula is C12H17Cl2N. The van der Waals surface area contributed by atoms with Crippen molar-refractivity contribution < 1.29 is 0 Å². The number of nitrogens with zero attached hydrogens (tertiary/aromatic N) is 1. The van der Waals surface area contributed by atoms with Crippen LogP contribution in [0.5, 0.6) is 0 Å². The SMILES string of the molecule is CN(c1ccc(Cl)cc1CCl)C(C)(C)C. The Morgan fingerprint density at radius 1 is 1.27 bits per heavy atom. The number of anilines is 1. The third kappa shape index (κ3) is 3.02. The average Bonchev–Trinajstić information content (AvgIpc) is 2.15. The van der Waals surface area contributed by atoms with Crippen LogP contribution in [-0.2, 0) is 5.88 Å². The Hall–Kier alpha value is -0.400. The highest BCUT2D eigenvalue weighted by Crippen LogP contribution is 2.29. The number of hydrogen-bond donors (Lipinski definition) is 0. The molecule has 0 amide bonds. The van der Waals surface area contributed by atoms with E-state index in [9.17, 15) is 0 Å². The van der Waals surface area contributed by atoms with Crippen molar-refractivity contribution in [3.63, 3.8) is 0 Å². The Morgan fingerprint density at radius 2 is 1.87 bits per heavy atom. The molecule has 0 fully saturated rings. The highest BCUT2D eigenvalue weighted by molar-refractivity contribution is 6.30. The van der Waals surface area contributed by atoms with E-state index >= 15 is 0 Å². The summed E-state index contributed by atoms with van der Waals surface area (Å²) in [7, 11) is 2.07. The maximum Gasteiger partial charge on any atom is 0.0495 e. The first-order valence-corrected chi connectivity index (χ1v) is 5.85. The topological polar surface area (TPSA) is 3.24 Å². The number of halogens is 2. The van der Waals surface area contributed by atoms with E-state index in [1.165, 1.54) is 0 Å². The van der Waals surface area contributed by atoms with Crippen molar-refractivity contribution in [1.29, 1.82) is 0 Å². The van der Waals surface area contributed by atoms with Gasteiger partial charge in [0.2, 0.25) is 0 Å². The highest BCUT2D eigenvalue weighted by atomic mass is 35.5. The molecule has 0 spiro atoms. The van der Waals surface area contributed by atoms with Gasteiger partial charge in [0, 0.05) is 29.2 Å². The summed E-state index contributed by atoms with van der Waals surface area (Å²) in [5.41, 5.74) is 2.29. The van der Waals surface area contributed by atoms with Crippen molar-refractivity contribution in [1.82, 2.24) is 0 Å². The molecule has 3 heteroatoms. The van der Waals surface area contributed by atoms with Crippen molar-refractivity contribution in [2.75, 3.05) is 11.9 Å². The summed E-state index contributed by atoms with van der Waals surface area (Å²) >= 11 is 11.9. The molecule has 1 rings (SSSR count).